The Hall–Kier alpha value is -0.820. The maximum absolute atomic E-state index is 3.77. The molecule has 0 aliphatic carbocycles. The first-order valence-electron chi connectivity index (χ1n) is 6.79. The van der Waals surface area contributed by atoms with Gasteiger partial charge in [0.2, 0.25) is 0 Å². The lowest BCUT2D eigenvalue weighted by atomic mass is 9.98. The van der Waals surface area contributed by atoms with Crippen molar-refractivity contribution < 1.29 is 0 Å². The average molecular weight is 305 g/mol. The fraction of sp³-hybridized carbons (Fsp3) is 0.412. The van der Waals surface area contributed by atoms with E-state index in [1.165, 1.54) is 35.6 Å². The molecule has 2 aromatic carbocycles. The molecule has 2 aromatic rings. The molecule has 0 nitrogen and oxygen atoms in total. The molecule has 0 aromatic heterocycles. The van der Waals surface area contributed by atoms with E-state index in [1.54, 1.807) is 0 Å². The molecule has 0 N–H and O–H groups in total. The van der Waals surface area contributed by atoms with Crippen LogP contribution in [0.15, 0.2) is 42.5 Å². The number of fused-ring (bicyclic) bond motifs is 1. The van der Waals surface area contributed by atoms with Gasteiger partial charge in [-0.25, -0.2) is 0 Å². The summed E-state index contributed by atoms with van der Waals surface area (Å²) in [5.74, 6) is 0.720. The van der Waals surface area contributed by atoms with Gasteiger partial charge in [-0.1, -0.05) is 72.2 Å². The molecule has 0 fully saturated rings. The fourth-order valence-electron chi connectivity index (χ4n) is 2.33. The minimum atomic E-state index is 0.646. The molecule has 96 valence electrons. The van der Waals surface area contributed by atoms with Crippen molar-refractivity contribution in [2.24, 2.45) is 5.92 Å². The summed E-state index contributed by atoms with van der Waals surface area (Å²) in [6, 6.07) is 15.3. The highest BCUT2D eigenvalue weighted by atomic mass is 79.9. The lowest BCUT2D eigenvalue weighted by Gasteiger charge is -2.13. The van der Waals surface area contributed by atoms with Crippen LogP contribution in [-0.4, -0.2) is 4.83 Å². The van der Waals surface area contributed by atoms with E-state index in [0.29, 0.717) is 4.83 Å². The van der Waals surface area contributed by atoms with Crippen molar-refractivity contribution in [3.05, 3.63) is 48.0 Å². The smallest absolute Gasteiger partial charge is 0.0168 e. The van der Waals surface area contributed by atoms with Crippen molar-refractivity contribution in [3.63, 3.8) is 0 Å². The molecule has 1 unspecified atom stereocenters. The summed E-state index contributed by atoms with van der Waals surface area (Å²) in [5, 5.41) is 2.77. The van der Waals surface area contributed by atoms with Gasteiger partial charge in [0, 0.05) is 4.83 Å². The van der Waals surface area contributed by atoms with E-state index < -0.39 is 0 Å². The monoisotopic (exact) mass is 304 g/mol. The van der Waals surface area contributed by atoms with Crippen LogP contribution in [0.5, 0.6) is 0 Å². The van der Waals surface area contributed by atoms with Crippen molar-refractivity contribution in [3.8, 4) is 0 Å². The van der Waals surface area contributed by atoms with E-state index >= 15 is 0 Å². The van der Waals surface area contributed by atoms with Gasteiger partial charge >= 0.3 is 0 Å². The van der Waals surface area contributed by atoms with E-state index in [2.05, 4.69) is 72.2 Å². The van der Waals surface area contributed by atoms with Gasteiger partial charge in [0.1, 0.15) is 0 Å². The largest absolute Gasteiger partial charge is 0.0888 e. The van der Waals surface area contributed by atoms with Crippen LogP contribution < -0.4 is 0 Å². The zero-order valence-electron chi connectivity index (χ0n) is 11.2. The van der Waals surface area contributed by atoms with Crippen molar-refractivity contribution in [1.82, 2.24) is 0 Å². The van der Waals surface area contributed by atoms with Gasteiger partial charge in [0.25, 0.3) is 0 Å². The molecule has 0 bridgehead atoms. The summed E-state index contributed by atoms with van der Waals surface area (Å²) in [5.41, 5.74) is 1.48. The van der Waals surface area contributed by atoms with Crippen LogP contribution in [0, 0.1) is 5.92 Å². The van der Waals surface area contributed by atoms with Crippen LogP contribution in [-0.2, 0) is 6.42 Å². The zero-order chi connectivity index (χ0) is 13.0. The predicted molar refractivity (Wildman–Crippen MR) is 84.4 cm³/mol. The van der Waals surface area contributed by atoms with Crippen molar-refractivity contribution >= 4 is 26.7 Å². The summed E-state index contributed by atoms with van der Waals surface area (Å²) < 4.78 is 0. The predicted octanol–water partition coefficient (Wildman–Crippen LogP) is 5.58. The van der Waals surface area contributed by atoms with Gasteiger partial charge < -0.3 is 0 Å². The van der Waals surface area contributed by atoms with Crippen molar-refractivity contribution in [2.75, 3.05) is 0 Å². The second-order valence-corrected chi connectivity index (χ2v) is 6.47. The molecule has 1 atom stereocenters. The molecule has 0 heterocycles. The Labute approximate surface area is 119 Å². The van der Waals surface area contributed by atoms with E-state index in [0.717, 1.165) is 5.92 Å². The van der Waals surface area contributed by atoms with Gasteiger partial charge in [0.05, 0.1) is 0 Å². The number of halogens is 1. The van der Waals surface area contributed by atoms with E-state index in [-0.39, 0.29) is 0 Å². The topological polar surface area (TPSA) is 0 Å². The van der Waals surface area contributed by atoms with Crippen LogP contribution in [0.3, 0.4) is 0 Å². The standard InChI is InChI=1S/C17H21Br/c1-13(2)17(18)12-6-10-15-9-5-8-14-7-3-4-11-16(14)15/h3-5,7-9,11,13,17H,6,10,12H2,1-2H3. The van der Waals surface area contributed by atoms with Crippen molar-refractivity contribution in [1.29, 1.82) is 0 Å². The second kappa shape index (κ2) is 6.38. The third kappa shape index (κ3) is 3.35. The normalized spacial score (nSPS) is 13.1. The summed E-state index contributed by atoms with van der Waals surface area (Å²) in [6.45, 7) is 4.55. The average Bonchev–Trinajstić information content (AvgIpc) is 2.38. The lowest BCUT2D eigenvalue weighted by molar-refractivity contribution is 0.563. The lowest BCUT2D eigenvalue weighted by Crippen LogP contribution is -2.07. The molecule has 0 saturated carbocycles. The Kier molecular flexibility index (Phi) is 4.82. The number of benzene rings is 2. The highest BCUT2D eigenvalue weighted by Gasteiger charge is 2.08. The molecular formula is C17H21Br. The van der Waals surface area contributed by atoms with Crippen LogP contribution >= 0.6 is 15.9 Å². The molecule has 0 aliphatic rings. The van der Waals surface area contributed by atoms with Gasteiger partial charge in [-0.05, 0) is 41.5 Å². The zero-order valence-corrected chi connectivity index (χ0v) is 12.8. The molecule has 1 heteroatoms. The van der Waals surface area contributed by atoms with Crippen LogP contribution in [0.4, 0.5) is 0 Å². The first-order valence-corrected chi connectivity index (χ1v) is 7.71. The van der Waals surface area contributed by atoms with Gasteiger partial charge in [-0.2, -0.15) is 0 Å². The minimum Gasteiger partial charge on any atom is -0.0888 e. The third-order valence-corrected chi connectivity index (χ3v) is 5.04. The Morgan fingerprint density at radius 2 is 1.72 bits per heavy atom. The molecule has 0 amide bonds. The minimum absolute atomic E-state index is 0.646. The molecule has 0 saturated heterocycles. The van der Waals surface area contributed by atoms with Gasteiger partial charge in [0.15, 0.2) is 0 Å². The summed E-state index contributed by atoms with van der Waals surface area (Å²) in [4.78, 5) is 0.646. The molecule has 18 heavy (non-hydrogen) atoms. The molecule has 0 aliphatic heterocycles. The van der Waals surface area contributed by atoms with E-state index in [1.807, 2.05) is 0 Å². The Balaban J connectivity index is 2.04. The number of hydrogen-bond donors (Lipinski definition) is 0. The molecule has 2 rings (SSSR count). The number of hydrogen-bond acceptors (Lipinski definition) is 0. The maximum atomic E-state index is 3.77. The number of alkyl halides is 1. The SMILES string of the molecule is CC(C)C(Br)CCCc1cccc2ccccc12. The molecular weight excluding hydrogens is 284 g/mol. The first-order chi connectivity index (χ1) is 8.68. The van der Waals surface area contributed by atoms with Gasteiger partial charge in [-0.3, -0.25) is 0 Å². The van der Waals surface area contributed by atoms with E-state index in [4.69, 9.17) is 0 Å². The Morgan fingerprint density at radius 1 is 1.00 bits per heavy atom. The molecule has 0 spiro atoms. The Morgan fingerprint density at radius 3 is 2.50 bits per heavy atom. The highest BCUT2D eigenvalue weighted by molar-refractivity contribution is 9.09. The maximum Gasteiger partial charge on any atom is 0.0168 e. The van der Waals surface area contributed by atoms with Crippen molar-refractivity contribution in [2.45, 2.75) is 37.9 Å². The first kappa shape index (κ1) is 13.6. The Bertz CT molecular complexity index is 496. The number of aryl methyl sites for hydroxylation is 1. The van der Waals surface area contributed by atoms with Crippen LogP contribution in [0.2, 0.25) is 0 Å². The summed E-state index contributed by atoms with van der Waals surface area (Å²) in [7, 11) is 0. The highest BCUT2D eigenvalue weighted by Crippen LogP contribution is 2.23. The van der Waals surface area contributed by atoms with E-state index in [9.17, 15) is 0 Å². The van der Waals surface area contributed by atoms with Gasteiger partial charge in [-0.15, -0.1) is 0 Å². The summed E-state index contributed by atoms with van der Waals surface area (Å²) in [6.07, 6.45) is 3.68. The third-order valence-electron chi connectivity index (χ3n) is 3.53. The second-order valence-electron chi connectivity index (χ2n) is 5.29. The van der Waals surface area contributed by atoms with Crippen LogP contribution in [0.1, 0.15) is 32.3 Å². The van der Waals surface area contributed by atoms with Crippen LogP contribution in [0.25, 0.3) is 10.8 Å². The summed E-state index contributed by atoms with van der Waals surface area (Å²) >= 11 is 3.77. The quantitative estimate of drug-likeness (QED) is 0.632. The fourth-order valence-corrected chi connectivity index (χ4v) is 2.66. The number of rotatable bonds is 5. The molecule has 0 radical (unpaired) electrons.